The predicted molar refractivity (Wildman–Crippen MR) is 180 cm³/mol. The molecule has 1 aliphatic carbocycles. The molecule has 1 aromatic heterocycles. The van der Waals surface area contributed by atoms with E-state index in [-0.39, 0.29) is 31.9 Å². The van der Waals surface area contributed by atoms with Gasteiger partial charge in [-0.1, -0.05) is 41.4 Å². The Kier molecular flexibility index (Phi) is 9.91. The number of nitrogens with one attached hydrogen (secondary N) is 1. The van der Waals surface area contributed by atoms with Crippen LogP contribution in [0.25, 0.3) is 11.1 Å². The summed E-state index contributed by atoms with van der Waals surface area (Å²) >= 11 is 12.7. The van der Waals surface area contributed by atoms with E-state index in [0.717, 1.165) is 34.4 Å². The zero-order chi connectivity index (χ0) is 33.9. The fraction of sp³-hybridized carbons (Fsp3) is 0.314. The molecule has 0 saturated heterocycles. The third-order valence-corrected chi connectivity index (χ3v) is 9.39. The monoisotopic (exact) mass is 692 g/mol. The molecule has 1 aliphatic heterocycles. The molecule has 11 nitrogen and oxygen atoms in total. The molecule has 250 valence electrons. The summed E-state index contributed by atoms with van der Waals surface area (Å²) in [6, 6.07) is 14.9. The number of halogens is 2. The normalized spacial score (nSPS) is 16.8. The highest BCUT2D eigenvalue weighted by atomic mass is 35.5. The molecule has 13 heteroatoms. The van der Waals surface area contributed by atoms with Crippen molar-refractivity contribution >= 4 is 46.9 Å². The van der Waals surface area contributed by atoms with Crippen LogP contribution in [0.4, 0.5) is 10.5 Å². The van der Waals surface area contributed by atoms with Gasteiger partial charge in [-0.05, 0) is 78.3 Å². The summed E-state index contributed by atoms with van der Waals surface area (Å²) in [5.74, 6) is -0.405. The van der Waals surface area contributed by atoms with Crippen molar-refractivity contribution in [1.29, 1.82) is 0 Å². The maximum Gasteiger partial charge on any atom is 0.414 e. The molecule has 6 rings (SSSR count). The van der Waals surface area contributed by atoms with Gasteiger partial charge in [0.1, 0.15) is 19.0 Å². The van der Waals surface area contributed by atoms with Crippen LogP contribution in [0.15, 0.2) is 67.0 Å². The molecule has 0 bridgehead atoms. The highest BCUT2D eigenvalue weighted by molar-refractivity contribution is 6.31. The molecule has 2 aliphatic rings. The van der Waals surface area contributed by atoms with Gasteiger partial charge in [-0.2, -0.15) is 5.10 Å². The molecular formula is C35H34Cl2N4O7. The van der Waals surface area contributed by atoms with Crippen LogP contribution >= 0.6 is 23.2 Å². The molecule has 1 unspecified atom stereocenters. The summed E-state index contributed by atoms with van der Waals surface area (Å²) in [5.41, 5.74) is 5.52. The third kappa shape index (κ3) is 7.13. The zero-order valence-electron chi connectivity index (χ0n) is 26.3. The van der Waals surface area contributed by atoms with Gasteiger partial charge in [0, 0.05) is 46.6 Å². The van der Waals surface area contributed by atoms with Crippen molar-refractivity contribution in [3.8, 4) is 16.9 Å². The number of ether oxygens (including phenoxy) is 3. The van der Waals surface area contributed by atoms with Gasteiger partial charge in [-0.15, -0.1) is 0 Å². The van der Waals surface area contributed by atoms with Crippen molar-refractivity contribution in [3.05, 3.63) is 99.3 Å². The van der Waals surface area contributed by atoms with E-state index in [0.29, 0.717) is 39.7 Å². The fourth-order valence-electron chi connectivity index (χ4n) is 6.02. The van der Waals surface area contributed by atoms with Crippen LogP contribution < -0.4 is 15.0 Å². The highest BCUT2D eigenvalue weighted by Crippen LogP contribution is 2.57. The first-order valence-corrected chi connectivity index (χ1v) is 16.2. The first-order valence-electron chi connectivity index (χ1n) is 15.4. The van der Waals surface area contributed by atoms with Crippen LogP contribution in [-0.2, 0) is 20.8 Å². The number of carboxylic acid groups (broad SMARTS) is 1. The second-order valence-electron chi connectivity index (χ2n) is 11.8. The Morgan fingerprint density at radius 1 is 1.08 bits per heavy atom. The number of amides is 2. The van der Waals surface area contributed by atoms with Crippen LogP contribution in [0.3, 0.4) is 0 Å². The molecule has 0 spiro atoms. The lowest BCUT2D eigenvalue weighted by atomic mass is 9.93. The maximum absolute atomic E-state index is 13.3. The van der Waals surface area contributed by atoms with E-state index < -0.39 is 24.0 Å². The average Bonchev–Trinajstić information content (AvgIpc) is 3.72. The van der Waals surface area contributed by atoms with Gasteiger partial charge >= 0.3 is 12.1 Å². The Labute approximate surface area is 287 Å². The lowest BCUT2D eigenvalue weighted by Crippen LogP contribution is -2.43. The standard InChI is InChI=1S/C35H34Cl2N4O7/c1-20-27(36)6-4-8-31(20)47-11-12-48-35(45)41-18-22-14-26(22)32-25(5-3-7-30(32)41)24-15-38-40(17-24)16-23-13-21(9-10-28(23)37)33(42)39-29(19-46-2)34(43)44/h3-10,13,15,17,22,26,29H,11-12,14,16,18-19H2,1-2H3,(H,39,42)(H,43,44)/t22-,26-,29?/m0/s1. The molecule has 48 heavy (non-hydrogen) atoms. The number of aromatic nitrogens is 2. The van der Waals surface area contributed by atoms with Gasteiger partial charge in [0.15, 0.2) is 6.04 Å². The van der Waals surface area contributed by atoms with Crippen LogP contribution in [-0.4, -0.2) is 72.4 Å². The number of aliphatic carboxylic acids is 1. The first-order chi connectivity index (χ1) is 23.1. The van der Waals surface area contributed by atoms with E-state index in [4.69, 9.17) is 37.4 Å². The Morgan fingerprint density at radius 3 is 2.69 bits per heavy atom. The van der Waals surface area contributed by atoms with E-state index in [1.807, 2.05) is 43.5 Å². The second kappa shape index (κ2) is 14.3. The van der Waals surface area contributed by atoms with Gasteiger partial charge in [-0.3, -0.25) is 14.4 Å². The van der Waals surface area contributed by atoms with Crippen molar-refractivity contribution in [2.45, 2.75) is 31.8 Å². The van der Waals surface area contributed by atoms with Crippen molar-refractivity contribution in [2.24, 2.45) is 5.92 Å². The maximum atomic E-state index is 13.3. The number of anilines is 1. The number of fused-ring (bicyclic) bond motifs is 3. The Morgan fingerprint density at radius 2 is 1.90 bits per heavy atom. The van der Waals surface area contributed by atoms with Gasteiger partial charge in [0.05, 0.1) is 25.0 Å². The molecule has 2 N–H and O–H groups in total. The second-order valence-corrected chi connectivity index (χ2v) is 12.6. The van der Waals surface area contributed by atoms with E-state index in [1.54, 1.807) is 34.0 Å². The summed E-state index contributed by atoms with van der Waals surface area (Å²) < 4.78 is 18.1. The number of rotatable bonds is 12. The van der Waals surface area contributed by atoms with Gasteiger partial charge in [0.2, 0.25) is 0 Å². The van der Waals surface area contributed by atoms with Crippen LogP contribution in [0.5, 0.6) is 5.75 Å². The quantitative estimate of drug-likeness (QED) is 0.168. The van der Waals surface area contributed by atoms with E-state index in [2.05, 4.69) is 10.4 Å². The molecule has 4 aromatic rings. The Hall–Kier alpha value is -4.58. The minimum Gasteiger partial charge on any atom is -0.490 e. The number of carboxylic acids is 1. The lowest BCUT2D eigenvalue weighted by Gasteiger charge is -2.29. The Bertz CT molecular complexity index is 1860. The van der Waals surface area contributed by atoms with Crippen molar-refractivity contribution in [2.75, 3.05) is 38.4 Å². The van der Waals surface area contributed by atoms with E-state index in [1.165, 1.54) is 13.2 Å². The number of hydrogen-bond acceptors (Lipinski definition) is 7. The Balaban J connectivity index is 1.15. The van der Waals surface area contributed by atoms with Gasteiger partial charge in [-0.25, -0.2) is 9.59 Å². The minimum atomic E-state index is -1.20. The molecule has 1 fully saturated rings. The lowest BCUT2D eigenvalue weighted by molar-refractivity contribution is -0.140. The van der Waals surface area contributed by atoms with E-state index in [9.17, 15) is 19.5 Å². The predicted octanol–water partition coefficient (Wildman–Crippen LogP) is 6.18. The number of benzene rings is 3. The average molecular weight is 694 g/mol. The smallest absolute Gasteiger partial charge is 0.414 e. The molecule has 2 heterocycles. The highest BCUT2D eigenvalue weighted by Gasteiger charge is 2.48. The zero-order valence-corrected chi connectivity index (χ0v) is 27.8. The largest absolute Gasteiger partial charge is 0.490 e. The van der Waals surface area contributed by atoms with Crippen molar-refractivity contribution in [1.82, 2.24) is 15.1 Å². The summed E-state index contributed by atoms with van der Waals surface area (Å²) in [5, 5.41) is 17.4. The molecule has 3 aromatic carbocycles. The summed E-state index contributed by atoms with van der Waals surface area (Å²) in [7, 11) is 1.36. The summed E-state index contributed by atoms with van der Waals surface area (Å²) in [6.45, 7) is 2.87. The van der Waals surface area contributed by atoms with Crippen LogP contribution in [0.2, 0.25) is 10.0 Å². The van der Waals surface area contributed by atoms with Crippen LogP contribution in [0.1, 0.15) is 39.4 Å². The van der Waals surface area contributed by atoms with E-state index >= 15 is 0 Å². The molecule has 0 radical (unpaired) electrons. The number of carbonyl (C=O) groups excluding carboxylic acids is 2. The summed E-state index contributed by atoms with van der Waals surface area (Å²) in [4.78, 5) is 39.2. The first kappa shape index (κ1) is 33.3. The minimum absolute atomic E-state index is 0.0931. The topological polar surface area (TPSA) is 132 Å². The fourth-order valence-corrected chi connectivity index (χ4v) is 6.37. The molecule has 1 saturated carbocycles. The SMILES string of the molecule is COCC(NC(=O)c1ccc(Cl)c(Cn2cc(-c3cccc4c3[C@H]3C[C@H]3CN4C(=O)OCCOc3cccc(Cl)c3C)cn2)c1)C(=O)O. The van der Waals surface area contributed by atoms with Crippen molar-refractivity contribution in [3.63, 3.8) is 0 Å². The number of methoxy groups -OCH3 is 1. The van der Waals surface area contributed by atoms with Crippen molar-refractivity contribution < 1.29 is 33.7 Å². The number of hydrogen-bond donors (Lipinski definition) is 2. The van der Waals surface area contributed by atoms with Gasteiger partial charge in [0.25, 0.3) is 5.91 Å². The number of nitrogens with zero attached hydrogens (tertiary/aromatic N) is 3. The molecule has 2 amide bonds. The van der Waals surface area contributed by atoms with Crippen LogP contribution in [0, 0.1) is 12.8 Å². The molecular weight excluding hydrogens is 659 g/mol. The van der Waals surface area contributed by atoms with Gasteiger partial charge < -0.3 is 24.6 Å². The third-order valence-electron chi connectivity index (χ3n) is 8.61. The number of carbonyl (C=O) groups is 3. The molecule has 3 atom stereocenters. The summed E-state index contributed by atoms with van der Waals surface area (Å²) in [6.07, 6.45) is 4.24.